The molecule has 0 saturated heterocycles. The monoisotopic (exact) mass is 441 g/mol. The normalized spacial score (nSPS) is 10.4. The lowest BCUT2D eigenvalue weighted by Crippen LogP contribution is -2.12. The highest BCUT2D eigenvalue weighted by Crippen LogP contribution is 2.35. The predicted octanol–water partition coefficient (Wildman–Crippen LogP) is 5.21. The van der Waals surface area contributed by atoms with Crippen molar-refractivity contribution in [1.82, 2.24) is 0 Å². The molecule has 0 atom stereocenters. The fourth-order valence-electron chi connectivity index (χ4n) is 1.49. The fourth-order valence-corrected chi connectivity index (χ4v) is 2.50. The maximum absolute atomic E-state index is 12.1. The van der Waals surface area contributed by atoms with Crippen LogP contribution in [0.1, 0.15) is 10.4 Å². The van der Waals surface area contributed by atoms with Crippen molar-refractivity contribution in [3.8, 4) is 5.75 Å². The first-order valence-electron chi connectivity index (χ1n) is 5.33. The van der Waals surface area contributed by atoms with E-state index in [0.29, 0.717) is 15.6 Å². The number of phenols is 1. The molecule has 0 aliphatic rings. The second-order valence-electron chi connectivity index (χ2n) is 3.87. The second-order valence-corrected chi connectivity index (χ2v) is 6.28. The zero-order valence-electron chi connectivity index (χ0n) is 9.75. The number of hydrogen-bond donors (Lipinski definition) is 2. The number of aromatic hydroxyl groups is 1. The van der Waals surface area contributed by atoms with Crippen LogP contribution in [0, 0.1) is 3.57 Å². The number of carbonyl (C=O) groups is 1. The van der Waals surface area contributed by atoms with Crippen LogP contribution < -0.4 is 5.32 Å². The van der Waals surface area contributed by atoms with E-state index in [1.807, 2.05) is 0 Å². The number of benzene rings is 2. The van der Waals surface area contributed by atoms with E-state index in [4.69, 9.17) is 34.8 Å². The fraction of sp³-hybridized carbons (Fsp3) is 0. The van der Waals surface area contributed by atoms with Crippen molar-refractivity contribution in [1.29, 1.82) is 0 Å². The molecule has 7 heteroatoms. The van der Waals surface area contributed by atoms with Gasteiger partial charge in [0.2, 0.25) is 0 Å². The van der Waals surface area contributed by atoms with E-state index in [2.05, 4.69) is 27.9 Å². The molecule has 2 aromatic rings. The molecule has 2 N–H and O–H groups in total. The predicted molar refractivity (Wildman–Crippen MR) is 90.2 cm³/mol. The van der Waals surface area contributed by atoms with Gasteiger partial charge in [-0.05, 0) is 52.9 Å². The van der Waals surface area contributed by atoms with Crippen LogP contribution in [-0.4, -0.2) is 11.0 Å². The van der Waals surface area contributed by atoms with Crippen LogP contribution in [0.5, 0.6) is 5.75 Å². The Morgan fingerprint density at radius 2 is 1.80 bits per heavy atom. The van der Waals surface area contributed by atoms with Crippen molar-refractivity contribution >= 4 is 69.0 Å². The molecule has 2 aromatic carbocycles. The van der Waals surface area contributed by atoms with Crippen LogP contribution in [0.3, 0.4) is 0 Å². The van der Waals surface area contributed by atoms with Crippen molar-refractivity contribution in [3.63, 3.8) is 0 Å². The molecule has 0 aliphatic carbocycles. The Morgan fingerprint density at radius 1 is 1.10 bits per heavy atom. The van der Waals surface area contributed by atoms with Crippen molar-refractivity contribution in [2.45, 2.75) is 0 Å². The topological polar surface area (TPSA) is 49.3 Å². The lowest BCUT2D eigenvalue weighted by atomic mass is 10.2. The van der Waals surface area contributed by atoms with Gasteiger partial charge in [-0.25, -0.2) is 0 Å². The third kappa shape index (κ3) is 3.49. The van der Waals surface area contributed by atoms with Gasteiger partial charge in [0.05, 0.1) is 15.7 Å². The average Bonchev–Trinajstić information content (AvgIpc) is 2.38. The first kappa shape index (κ1) is 15.7. The van der Waals surface area contributed by atoms with Gasteiger partial charge in [0.1, 0.15) is 0 Å². The van der Waals surface area contributed by atoms with Gasteiger partial charge in [0.25, 0.3) is 5.91 Å². The van der Waals surface area contributed by atoms with Gasteiger partial charge >= 0.3 is 0 Å². The first-order valence-corrected chi connectivity index (χ1v) is 7.54. The minimum absolute atomic E-state index is 0.0634. The Kier molecular flexibility index (Phi) is 5.01. The summed E-state index contributed by atoms with van der Waals surface area (Å²) in [5.74, 6) is -0.655. The zero-order valence-corrected chi connectivity index (χ0v) is 14.2. The standard InChI is InChI=1S/C13H7Cl3INO2/c14-7-4-9(16)12(19)11(5-7)18-13(20)6-1-2-10(17)8(15)3-6/h1-5,19H,(H,18,20). The van der Waals surface area contributed by atoms with Gasteiger partial charge in [-0.1, -0.05) is 34.8 Å². The summed E-state index contributed by atoms with van der Waals surface area (Å²) in [7, 11) is 0. The molecule has 0 saturated carbocycles. The Balaban J connectivity index is 2.30. The van der Waals surface area contributed by atoms with Crippen molar-refractivity contribution in [2.24, 2.45) is 0 Å². The van der Waals surface area contributed by atoms with Crippen LogP contribution in [0.15, 0.2) is 30.3 Å². The van der Waals surface area contributed by atoms with Gasteiger partial charge in [-0.2, -0.15) is 0 Å². The lowest BCUT2D eigenvalue weighted by molar-refractivity contribution is 0.102. The molecule has 2 rings (SSSR count). The summed E-state index contributed by atoms with van der Waals surface area (Å²) in [6.07, 6.45) is 0. The van der Waals surface area contributed by atoms with Gasteiger partial charge in [0.15, 0.2) is 5.75 Å². The molecule has 0 fully saturated rings. The van der Waals surface area contributed by atoms with E-state index in [9.17, 15) is 9.90 Å². The third-order valence-corrected chi connectivity index (χ3v) is 4.54. The van der Waals surface area contributed by atoms with Gasteiger partial charge in [-0.15, -0.1) is 0 Å². The minimum Gasteiger partial charge on any atom is -0.504 e. The Labute approximate surface area is 144 Å². The third-order valence-electron chi connectivity index (χ3n) is 2.46. The summed E-state index contributed by atoms with van der Waals surface area (Å²) in [5.41, 5.74) is 0.507. The summed E-state index contributed by atoms with van der Waals surface area (Å²) in [6.45, 7) is 0. The molecule has 3 nitrogen and oxygen atoms in total. The smallest absolute Gasteiger partial charge is 0.255 e. The minimum atomic E-state index is -0.420. The van der Waals surface area contributed by atoms with E-state index in [1.165, 1.54) is 12.1 Å². The van der Waals surface area contributed by atoms with E-state index < -0.39 is 5.91 Å². The van der Waals surface area contributed by atoms with Crippen LogP contribution in [0.25, 0.3) is 0 Å². The van der Waals surface area contributed by atoms with Gasteiger partial charge < -0.3 is 10.4 Å². The van der Waals surface area contributed by atoms with Crippen LogP contribution in [0.4, 0.5) is 5.69 Å². The molecule has 0 radical (unpaired) electrons. The summed E-state index contributed by atoms with van der Waals surface area (Å²) in [4.78, 5) is 12.1. The SMILES string of the molecule is O=C(Nc1cc(Cl)cc(Cl)c1O)c1ccc(I)c(Cl)c1. The van der Waals surface area contributed by atoms with Crippen LogP contribution in [-0.2, 0) is 0 Å². The number of nitrogens with one attached hydrogen (secondary N) is 1. The highest BCUT2D eigenvalue weighted by atomic mass is 127. The lowest BCUT2D eigenvalue weighted by Gasteiger charge is -2.09. The number of hydrogen-bond acceptors (Lipinski definition) is 2. The average molecular weight is 442 g/mol. The van der Waals surface area contributed by atoms with Gasteiger partial charge in [0, 0.05) is 14.2 Å². The molecule has 1 amide bonds. The number of carbonyl (C=O) groups excluding carboxylic acids is 1. The van der Waals surface area contributed by atoms with Crippen molar-refractivity contribution < 1.29 is 9.90 Å². The summed E-state index contributed by atoms with van der Waals surface area (Å²) in [5, 5.41) is 13.2. The largest absolute Gasteiger partial charge is 0.504 e. The molecule has 0 aliphatic heterocycles. The summed E-state index contributed by atoms with van der Waals surface area (Å²) >= 11 is 19.6. The molecule has 0 unspecified atom stereocenters. The summed E-state index contributed by atoms with van der Waals surface area (Å²) < 4.78 is 0.842. The zero-order chi connectivity index (χ0) is 14.9. The van der Waals surface area contributed by atoms with E-state index in [0.717, 1.165) is 3.57 Å². The molecule has 20 heavy (non-hydrogen) atoms. The molecule has 0 heterocycles. The van der Waals surface area contributed by atoms with E-state index in [-0.39, 0.29) is 16.5 Å². The molecular weight excluding hydrogens is 435 g/mol. The van der Waals surface area contributed by atoms with Crippen LogP contribution in [0.2, 0.25) is 15.1 Å². The van der Waals surface area contributed by atoms with E-state index in [1.54, 1.807) is 18.2 Å². The number of rotatable bonds is 2. The van der Waals surface area contributed by atoms with E-state index >= 15 is 0 Å². The van der Waals surface area contributed by atoms with Crippen LogP contribution >= 0.6 is 57.4 Å². The Morgan fingerprint density at radius 3 is 2.45 bits per heavy atom. The highest BCUT2D eigenvalue weighted by Gasteiger charge is 2.13. The highest BCUT2D eigenvalue weighted by molar-refractivity contribution is 14.1. The number of halogens is 4. The number of amides is 1. The number of anilines is 1. The molecule has 0 spiro atoms. The molecule has 104 valence electrons. The van der Waals surface area contributed by atoms with Gasteiger partial charge in [-0.3, -0.25) is 4.79 Å². The van der Waals surface area contributed by atoms with Crippen molar-refractivity contribution in [3.05, 3.63) is 54.5 Å². The Bertz CT molecular complexity index is 692. The Hall–Kier alpha value is -0.690. The number of phenolic OH excluding ortho intramolecular Hbond substituents is 1. The quantitative estimate of drug-likeness (QED) is 0.496. The molecule has 0 aromatic heterocycles. The molecule has 0 bridgehead atoms. The second kappa shape index (κ2) is 6.39. The molecular formula is C13H7Cl3INO2. The first-order chi connectivity index (χ1) is 9.38. The summed E-state index contributed by atoms with van der Waals surface area (Å²) in [6, 6.07) is 7.70. The van der Waals surface area contributed by atoms with Crippen molar-refractivity contribution in [2.75, 3.05) is 5.32 Å². The maximum Gasteiger partial charge on any atom is 0.255 e. The maximum atomic E-state index is 12.1.